The minimum absolute atomic E-state index is 0.0776. The van der Waals surface area contributed by atoms with Crippen LogP contribution in [0.1, 0.15) is 5.69 Å². The molecule has 1 aromatic heterocycles. The fourth-order valence-corrected chi connectivity index (χ4v) is 4.79. The van der Waals surface area contributed by atoms with Gasteiger partial charge in [0.15, 0.2) is 5.17 Å². The predicted octanol–water partition coefficient (Wildman–Crippen LogP) is 6.89. The van der Waals surface area contributed by atoms with Crippen molar-refractivity contribution in [1.82, 2.24) is 4.57 Å². The molecule has 0 bridgehead atoms. The van der Waals surface area contributed by atoms with Crippen LogP contribution in [-0.2, 0) is 4.79 Å². The molecule has 1 aliphatic rings. The van der Waals surface area contributed by atoms with E-state index in [0.717, 1.165) is 22.8 Å². The zero-order valence-electron chi connectivity index (χ0n) is 16.9. The van der Waals surface area contributed by atoms with Gasteiger partial charge in [-0.2, -0.15) is 0 Å². The molecule has 156 valence electrons. The molecular weight excluding hydrogens is 529 g/mol. The van der Waals surface area contributed by atoms with E-state index in [4.69, 9.17) is 4.99 Å². The van der Waals surface area contributed by atoms with E-state index in [1.54, 1.807) is 4.90 Å². The van der Waals surface area contributed by atoms with E-state index < -0.39 is 0 Å². The summed E-state index contributed by atoms with van der Waals surface area (Å²) in [6.45, 7) is 0. The summed E-state index contributed by atoms with van der Waals surface area (Å²) in [4.78, 5) is 20.6. The van der Waals surface area contributed by atoms with E-state index in [1.165, 1.54) is 15.3 Å². The molecular formula is C26H18IN3OS. The zero-order valence-corrected chi connectivity index (χ0v) is 19.9. The Morgan fingerprint density at radius 1 is 0.781 bits per heavy atom. The minimum atomic E-state index is -0.0776. The number of amides is 1. The first-order chi connectivity index (χ1) is 15.7. The van der Waals surface area contributed by atoms with E-state index in [-0.39, 0.29) is 5.91 Å². The fourth-order valence-electron chi connectivity index (χ4n) is 3.45. The SMILES string of the molecule is O=C1/C(=C\c2cccn2-c2ccc(I)cc2)SC(=Nc2ccccc2)N1c1ccccc1. The summed E-state index contributed by atoms with van der Waals surface area (Å²) in [6, 6.07) is 31.7. The van der Waals surface area contributed by atoms with Gasteiger partial charge in [-0.1, -0.05) is 36.4 Å². The summed E-state index contributed by atoms with van der Waals surface area (Å²) in [5, 5.41) is 0.644. The minimum Gasteiger partial charge on any atom is -0.317 e. The van der Waals surface area contributed by atoms with Gasteiger partial charge in [-0.15, -0.1) is 0 Å². The number of thioether (sulfide) groups is 1. The summed E-state index contributed by atoms with van der Waals surface area (Å²) >= 11 is 3.69. The van der Waals surface area contributed by atoms with Gasteiger partial charge >= 0.3 is 0 Å². The van der Waals surface area contributed by atoms with E-state index in [9.17, 15) is 4.79 Å². The number of halogens is 1. The summed E-state index contributed by atoms with van der Waals surface area (Å²) < 4.78 is 3.26. The molecule has 0 unspecified atom stereocenters. The van der Waals surface area contributed by atoms with E-state index in [0.29, 0.717) is 10.1 Å². The molecule has 1 fully saturated rings. The summed E-state index contributed by atoms with van der Waals surface area (Å²) in [5.74, 6) is -0.0776. The molecule has 1 saturated heterocycles. The van der Waals surface area contributed by atoms with Gasteiger partial charge in [0, 0.05) is 21.1 Å². The highest BCUT2D eigenvalue weighted by molar-refractivity contribution is 14.1. The second-order valence-corrected chi connectivity index (χ2v) is 9.35. The Morgan fingerprint density at radius 3 is 2.19 bits per heavy atom. The largest absolute Gasteiger partial charge is 0.317 e. The number of carbonyl (C=O) groups is 1. The zero-order chi connectivity index (χ0) is 21.9. The second kappa shape index (κ2) is 9.18. The number of aliphatic imine (C=N–C) groups is 1. The number of carbonyl (C=O) groups excluding carboxylic acids is 1. The Morgan fingerprint density at radius 2 is 1.47 bits per heavy atom. The van der Waals surface area contributed by atoms with Crippen molar-refractivity contribution in [3.63, 3.8) is 0 Å². The Hall–Kier alpha value is -3.10. The number of rotatable bonds is 4. The maximum atomic E-state index is 13.5. The highest BCUT2D eigenvalue weighted by atomic mass is 127. The van der Waals surface area contributed by atoms with Crippen LogP contribution in [-0.4, -0.2) is 15.6 Å². The predicted molar refractivity (Wildman–Crippen MR) is 142 cm³/mol. The number of hydrogen-bond donors (Lipinski definition) is 0. The van der Waals surface area contributed by atoms with Crippen LogP contribution in [0.2, 0.25) is 0 Å². The number of nitrogens with zero attached hydrogens (tertiary/aromatic N) is 3. The van der Waals surface area contributed by atoms with Crippen molar-refractivity contribution < 1.29 is 4.79 Å². The Bertz CT molecular complexity index is 1310. The van der Waals surface area contributed by atoms with Gasteiger partial charge in [-0.05, 0) is 101 Å². The lowest BCUT2D eigenvalue weighted by molar-refractivity contribution is -0.113. The van der Waals surface area contributed by atoms with E-state index in [1.807, 2.05) is 85.1 Å². The quantitative estimate of drug-likeness (QED) is 0.206. The molecule has 0 spiro atoms. The lowest BCUT2D eigenvalue weighted by atomic mass is 10.2. The van der Waals surface area contributed by atoms with Crippen LogP contribution in [0.15, 0.2) is 113 Å². The van der Waals surface area contributed by atoms with Gasteiger partial charge in [0.05, 0.1) is 16.3 Å². The van der Waals surface area contributed by atoms with E-state index >= 15 is 0 Å². The molecule has 32 heavy (non-hydrogen) atoms. The smallest absolute Gasteiger partial charge is 0.271 e. The van der Waals surface area contributed by atoms with Crippen molar-refractivity contribution in [2.75, 3.05) is 4.90 Å². The average molecular weight is 547 g/mol. The Balaban J connectivity index is 1.56. The molecule has 6 heteroatoms. The van der Waals surface area contributed by atoms with Crippen LogP contribution in [0.3, 0.4) is 0 Å². The number of anilines is 1. The van der Waals surface area contributed by atoms with Crippen molar-refractivity contribution in [2.24, 2.45) is 4.99 Å². The molecule has 0 saturated carbocycles. The molecule has 0 aliphatic carbocycles. The molecule has 0 radical (unpaired) electrons. The highest BCUT2D eigenvalue weighted by Crippen LogP contribution is 2.37. The van der Waals surface area contributed by atoms with Gasteiger partial charge in [0.2, 0.25) is 0 Å². The third-order valence-corrected chi connectivity index (χ3v) is 6.65. The fraction of sp³-hybridized carbons (Fsp3) is 0. The first-order valence-corrected chi connectivity index (χ1v) is 11.9. The number of para-hydroxylation sites is 2. The van der Waals surface area contributed by atoms with Crippen molar-refractivity contribution in [2.45, 2.75) is 0 Å². The average Bonchev–Trinajstić information content (AvgIpc) is 3.40. The third-order valence-electron chi connectivity index (χ3n) is 4.97. The Labute approximate surface area is 204 Å². The number of hydrogen-bond acceptors (Lipinski definition) is 3. The van der Waals surface area contributed by atoms with Gasteiger partial charge in [-0.25, -0.2) is 4.99 Å². The molecule has 5 rings (SSSR count). The van der Waals surface area contributed by atoms with Crippen molar-refractivity contribution >= 4 is 62.9 Å². The van der Waals surface area contributed by atoms with Crippen molar-refractivity contribution in [1.29, 1.82) is 0 Å². The van der Waals surface area contributed by atoms with Gasteiger partial charge in [0.1, 0.15) is 0 Å². The normalized spacial score (nSPS) is 16.3. The van der Waals surface area contributed by atoms with Crippen LogP contribution in [0.5, 0.6) is 0 Å². The number of benzene rings is 3. The molecule has 1 amide bonds. The van der Waals surface area contributed by atoms with Crippen LogP contribution in [0.4, 0.5) is 11.4 Å². The van der Waals surface area contributed by atoms with E-state index in [2.05, 4.69) is 51.4 Å². The van der Waals surface area contributed by atoms with Crippen molar-refractivity contribution in [3.8, 4) is 5.69 Å². The van der Waals surface area contributed by atoms with Crippen molar-refractivity contribution in [3.05, 3.63) is 117 Å². The third kappa shape index (κ3) is 4.28. The summed E-state index contributed by atoms with van der Waals surface area (Å²) in [7, 11) is 0. The molecule has 4 aromatic rings. The molecule has 0 N–H and O–H groups in total. The van der Waals surface area contributed by atoms with Crippen LogP contribution in [0.25, 0.3) is 11.8 Å². The van der Waals surface area contributed by atoms with Crippen LogP contribution >= 0.6 is 34.4 Å². The first kappa shape index (κ1) is 20.8. The Kier molecular flexibility index (Phi) is 5.96. The van der Waals surface area contributed by atoms with Gasteiger partial charge < -0.3 is 4.57 Å². The molecule has 0 atom stereocenters. The lowest BCUT2D eigenvalue weighted by Crippen LogP contribution is -2.28. The summed E-state index contributed by atoms with van der Waals surface area (Å²) in [5.41, 5.74) is 3.61. The second-order valence-electron chi connectivity index (χ2n) is 7.10. The van der Waals surface area contributed by atoms with Crippen LogP contribution < -0.4 is 4.90 Å². The topological polar surface area (TPSA) is 37.6 Å². The molecule has 1 aliphatic heterocycles. The maximum Gasteiger partial charge on any atom is 0.271 e. The maximum absolute atomic E-state index is 13.5. The number of amidine groups is 1. The monoisotopic (exact) mass is 547 g/mol. The molecule has 3 aromatic carbocycles. The standard InChI is InChI=1S/C26H18IN3OS/c27-19-13-15-21(16-14-19)29-17-7-12-23(29)18-24-25(31)30(22-10-5-2-6-11-22)26(32-24)28-20-8-3-1-4-9-20/h1-18H/b24-18+,28-26?. The van der Waals surface area contributed by atoms with Gasteiger partial charge in [-0.3, -0.25) is 9.69 Å². The molecule has 2 heterocycles. The number of aromatic nitrogens is 1. The van der Waals surface area contributed by atoms with Gasteiger partial charge in [0.25, 0.3) is 5.91 Å². The summed E-state index contributed by atoms with van der Waals surface area (Å²) in [6.07, 6.45) is 3.95. The first-order valence-electron chi connectivity index (χ1n) is 10.1. The van der Waals surface area contributed by atoms with Crippen LogP contribution in [0, 0.1) is 3.57 Å². The highest BCUT2D eigenvalue weighted by Gasteiger charge is 2.34. The lowest BCUT2D eigenvalue weighted by Gasteiger charge is -2.15. The molecule has 4 nitrogen and oxygen atoms in total.